The zero-order chi connectivity index (χ0) is 14.5. The summed E-state index contributed by atoms with van der Waals surface area (Å²) in [5.74, 6) is 0.141. The van der Waals surface area contributed by atoms with Gasteiger partial charge in [0.2, 0.25) is 11.8 Å². The van der Waals surface area contributed by atoms with Crippen LogP contribution in [0.5, 0.6) is 5.75 Å². The van der Waals surface area contributed by atoms with Gasteiger partial charge >= 0.3 is 0 Å². The van der Waals surface area contributed by atoms with E-state index in [9.17, 15) is 9.59 Å². The lowest BCUT2D eigenvalue weighted by Crippen LogP contribution is -2.59. The number of rotatable bonds is 4. The highest BCUT2D eigenvalue weighted by molar-refractivity contribution is 5.88. The van der Waals surface area contributed by atoms with Crippen LogP contribution in [-0.4, -0.2) is 49.5 Å². The average molecular weight is 277 g/mol. The molecule has 6 heteroatoms. The molecule has 108 valence electrons. The first-order valence-electron chi connectivity index (χ1n) is 6.54. The monoisotopic (exact) mass is 277 g/mol. The lowest BCUT2D eigenvalue weighted by atomic mass is 10.1. The van der Waals surface area contributed by atoms with Crippen LogP contribution in [-0.2, 0) is 16.0 Å². The first-order chi connectivity index (χ1) is 9.61. The number of hydrogen-bond donors (Lipinski definition) is 2. The number of hydrogen-bond acceptors (Lipinski definition) is 4. The highest BCUT2D eigenvalue weighted by Gasteiger charge is 2.30. The first-order valence-corrected chi connectivity index (χ1v) is 6.54. The summed E-state index contributed by atoms with van der Waals surface area (Å²) in [5, 5.41) is 3.07. The molecule has 1 saturated heterocycles. The Morgan fingerprint density at radius 2 is 2.30 bits per heavy atom. The molecule has 0 bridgehead atoms. The van der Waals surface area contributed by atoms with E-state index in [-0.39, 0.29) is 12.3 Å². The second kappa shape index (κ2) is 6.38. The van der Waals surface area contributed by atoms with E-state index in [0.29, 0.717) is 25.4 Å². The summed E-state index contributed by atoms with van der Waals surface area (Å²) in [4.78, 5) is 25.3. The highest BCUT2D eigenvalue weighted by Crippen LogP contribution is 2.14. The predicted octanol–water partition coefficient (Wildman–Crippen LogP) is -0.477. The van der Waals surface area contributed by atoms with Gasteiger partial charge in [0.1, 0.15) is 11.8 Å². The number of nitrogens with zero attached hydrogens (tertiary/aromatic N) is 1. The molecule has 20 heavy (non-hydrogen) atoms. The summed E-state index contributed by atoms with van der Waals surface area (Å²) in [6.07, 6.45) is 0.237. The van der Waals surface area contributed by atoms with Gasteiger partial charge in [-0.25, -0.2) is 0 Å². The Kier molecular flexibility index (Phi) is 4.57. The van der Waals surface area contributed by atoms with Gasteiger partial charge in [-0.2, -0.15) is 0 Å². The number of methoxy groups -OCH3 is 1. The molecule has 2 rings (SSSR count). The molecule has 2 amide bonds. The number of primary amides is 1. The Bertz CT molecular complexity index is 504. The van der Waals surface area contributed by atoms with E-state index >= 15 is 0 Å². The normalized spacial score (nSPS) is 18.6. The number of carbonyl (C=O) groups is 2. The molecule has 1 atom stereocenters. The van der Waals surface area contributed by atoms with Gasteiger partial charge in [-0.1, -0.05) is 12.1 Å². The largest absolute Gasteiger partial charge is 0.497 e. The molecule has 0 aliphatic carbocycles. The summed E-state index contributed by atoms with van der Waals surface area (Å²) in [6.45, 7) is 1.59. The fraction of sp³-hybridized carbons (Fsp3) is 0.429. The second-order valence-corrected chi connectivity index (χ2v) is 4.74. The van der Waals surface area contributed by atoms with Crippen molar-refractivity contribution in [3.05, 3.63) is 29.8 Å². The maximum atomic E-state index is 12.3. The topological polar surface area (TPSA) is 84.7 Å². The van der Waals surface area contributed by atoms with Crippen LogP contribution in [0.25, 0.3) is 0 Å². The van der Waals surface area contributed by atoms with Crippen LogP contribution >= 0.6 is 0 Å². The minimum atomic E-state index is -0.568. The number of nitrogens with one attached hydrogen (secondary N) is 1. The van der Waals surface area contributed by atoms with Gasteiger partial charge in [0.05, 0.1) is 13.5 Å². The fourth-order valence-corrected chi connectivity index (χ4v) is 2.32. The fourth-order valence-electron chi connectivity index (χ4n) is 2.32. The van der Waals surface area contributed by atoms with Gasteiger partial charge in [-0.3, -0.25) is 9.59 Å². The molecule has 0 saturated carbocycles. The first kappa shape index (κ1) is 14.3. The molecule has 1 heterocycles. The molecule has 1 aliphatic rings. The molecule has 0 aromatic heterocycles. The molecule has 0 spiro atoms. The van der Waals surface area contributed by atoms with Crippen molar-refractivity contribution in [2.75, 3.05) is 26.7 Å². The van der Waals surface area contributed by atoms with E-state index in [1.165, 1.54) is 0 Å². The van der Waals surface area contributed by atoms with Crippen molar-refractivity contribution >= 4 is 11.8 Å². The zero-order valence-electron chi connectivity index (χ0n) is 11.5. The van der Waals surface area contributed by atoms with Crippen molar-refractivity contribution in [2.24, 2.45) is 5.73 Å². The number of ether oxygens (including phenoxy) is 1. The standard InChI is InChI=1S/C14H19N3O3/c1-20-11-4-2-3-10(7-11)8-13(18)17-6-5-16-9-12(17)14(15)19/h2-4,7,12,16H,5-6,8-9H2,1H3,(H2,15,19). The van der Waals surface area contributed by atoms with Gasteiger partial charge in [-0.15, -0.1) is 0 Å². The Balaban J connectivity index is 2.07. The van der Waals surface area contributed by atoms with E-state index in [1.807, 2.05) is 24.3 Å². The minimum absolute atomic E-state index is 0.0939. The quantitative estimate of drug-likeness (QED) is 0.779. The number of benzene rings is 1. The molecule has 0 radical (unpaired) electrons. The van der Waals surface area contributed by atoms with E-state index < -0.39 is 11.9 Å². The van der Waals surface area contributed by atoms with Crippen molar-refractivity contribution in [1.82, 2.24) is 10.2 Å². The Hall–Kier alpha value is -2.08. The van der Waals surface area contributed by atoms with Crippen LogP contribution in [0.3, 0.4) is 0 Å². The van der Waals surface area contributed by atoms with Crippen molar-refractivity contribution in [1.29, 1.82) is 0 Å². The Morgan fingerprint density at radius 1 is 1.50 bits per heavy atom. The number of amides is 2. The molecule has 3 N–H and O–H groups in total. The summed E-state index contributed by atoms with van der Waals surface area (Å²) in [7, 11) is 1.58. The number of piperazine rings is 1. The van der Waals surface area contributed by atoms with E-state index in [0.717, 1.165) is 5.56 Å². The maximum Gasteiger partial charge on any atom is 0.241 e. The third kappa shape index (κ3) is 3.27. The number of nitrogens with two attached hydrogens (primary N) is 1. The van der Waals surface area contributed by atoms with E-state index in [1.54, 1.807) is 12.0 Å². The molecule has 6 nitrogen and oxygen atoms in total. The van der Waals surface area contributed by atoms with Gasteiger partial charge in [-0.05, 0) is 17.7 Å². The van der Waals surface area contributed by atoms with Crippen LogP contribution < -0.4 is 15.8 Å². The van der Waals surface area contributed by atoms with Crippen molar-refractivity contribution in [2.45, 2.75) is 12.5 Å². The molecular weight excluding hydrogens is 258 g/mol. The summed E-state index contributed by atoms with van der Waals surface area (Å²) < 4.78 is 5.13. The second-order valence-electron chi connectivity index (χ2n) is 4.74. The molecule has 1 unspecified atom stereocenters. The van der Waals surface area contributed by atoms with Crippen LogP contribution in [0, 0.1) is 0 Å². The van der Waals surface area contributed by atoms with E-state index in [2.05, 4.69) is 5.32 Å². The summed E-state index contributed by atoms with van der Waals surface area (Å²) in [5.41, 5.74) is 6.20. The summed E-state index contributed by atoms with van der Waals surface area (Å²) >= 11 is 0. The van der Waals surface area contributed by atoms with E-state index in [4.69, 9.17) is 10.5 Å². The van der Waals surface area contributed by atoms with Crippen molar-refractivity contribution in [3.8, 4) is 5.75 Å². The van der Waals surface area contributed by atoms with Crippen molar-refractivity contribution in [3.63, 3.8) is 0 Å². The maximum absolute atomic E-state index is 12.3. The molecule has 1 fully saturated rings. The molecular formula is C14H19N3O3. The third-order valence-corrected chi connectivity index (χ3v) is 3.38. The van der Waals surface area contributed by atoms with Crippen LogP contribution in [0.4, 0.5) is 0 Å². The lowest BCUT2D eigenvalue weighted by molar-refractivity contribution is -0.139. The zero-order valence-corrected chi connectivity index (χ0v) is 11.5. The predicted molar refractivity (Wildman–Crippen MR) is 74.3 cm³/mol. The summed E-state index contributed by atoms with van der Waals surface area (Å²) in [6, 6.07) is 6.78. The van der Waals surface area contributed by atoms with Gasteiger partial charge in [0.15, 0.2) is 0 Å². The van der Waals surface area contributed by atoms with Crippen molar-refractivity contribution < 1.29 is 14.3 Å². The smallest absolute Gasteiger partial charge is 0.241 e. The van der Waals surface area contributed by atoms with Crippen LogP contribution in [0.15, 0.2) is 24.3 Å². The van der Waals surface area contributed by atoms with Gasteiger partial charge < -0.3 is 20.7 Å². The minimum Gasteiger partial charge on any atom is -0.497 e. The molecule has 1 aromatic carbocycles. The Morgan fingerprint density at radius 3 is 3.00 bits per heavy atom. The third-order valence-electron chi connectivity index (χ3n) is 3.38. The molecule has 1 aromatic rings. The SMILES string of the molecule is COc1cccc(CC(=O)N2CCNCC2C(N)=O)c1. The highest BCUT2D eigenvalue weighted by atomic mass is 16.5. The van der Waals surface area contributed by atoms with Gasteiger partial charge in [0, 0.05) is 19.6 Å². The lowest BCUT2D eigenvalue weighted by Gasteiger charge is -2.34. The average Bonchev–Trinajstić information content (AvgIpc) is 2.47. The number of carbonyl (C=O) groups excluding carboxylic acids is 2. The van der Waals surface area contributed by atoms with Crippen LogP contribution in [0.2, 0.25) is 0 Å². The van der Waals surface area contributed by atoms with Crippen LogP contribution in [0.1, 0.15) is 5.56 Å². The molecule has 1 aliphatic heterocycles. The van der Waals surface area contributed by atoms with Gasteiger partial charge in [0.25, 0.3) is 0 Å². The Labute approximate surface area is 117 Å².